The lowest BCUT2D eigenvalue weighted by atomic mass is 9.95. The van der Waals surface area contributed by atoms with Crippen molar-refractivity contribution in [3.63, 3.8) is 0 Å². The molecule has 0 aliphatic heterocycles. The molecule has 0 radical (unpaired) electrons. The Labute approximate surface area is 175 Å². The number of nitrogens with one attached hydrogen (secondary N) is 1. The average molecular weight is 413 g/mol. The molecule has 1 aromatic heterocycles. The van der Waals surface area contributed by atoms with E-state index in [1.54, 1.807) is 10.6 Å². The van der Waals surface area contributed by atoms with Crippen LogP contribution >= 0.6 is 0 Å². The van der Waals surface area contributed by atoms with Gasteiger partial charge in [0.25, 0.3) is 5.56 Å². The van der Waals surface area contributed by atoms with Gasteiger partial charge in [-0.2, -0.15) is 5.26 Å². The lowest BCUT2D eigenvalue weighted by Crippen LogP contribution is -2.41. The summed E-state index contributed by atoms with van der Waals surface area (Å²) in [4.78, 5) is 26.3. The monoisotopic (exact) mass is 412 g/mol. The van der Waals surface area contributed by atoms with Gasteiger partial charge in [-0.05, 0) is 44.2 Å². The molecule has 0 amide bonds. The third-order valence-electron chi connectivity index (χ3n) is 6.58. The molecular weight excluding hydrogens is 383 g/mol. The number of hydrogen-bond donors (Lipinski definition) is 1. The predicted octanol–water partition coefficient (Wildman–Crippen LogP) is 4.47. The summed E-state index contributed by atoms with van der Waals surface area (Å²) in [5.41, 5.74) is 0.0909. The quantitative estimate of drug-likeness (QED) is 0.710. The standard InChI is InChI=1S/C23H29FN4O2/c24-19-14-18-21(15-20(19)26-16-8-2-1-3-9-16)28(17-10-4-5-11-17)23(30)27(22(18)29)13-7-6-12-25/h14-17,26H,1-11,13H2. The van der Waals surface area contributed by atoms with Crippen molar-refractivity contribution < 1.29 is 4.39 Å². The fourth-order valence-corrected chi connectivity index (χ4v) is 5.00. The van der Waals surface area contributed by atoms with Gasteiger partial charge in [-0.1, -0.05) is 32.1 Å². The third kappa shape index (κ3) is 4.00. The number of nitrogens with zero attached hydrogens (tertiary/aromatic N) is 3. The molecule has 2 saturated carbocycles. The van der Waals surface area contributed by atoms with Gasteiger partial charge in [0.1, 0.15) is 5.82 Å². The summed E-state index contributed by atoms with van der Waals surface area (Å²) < 4.78 is 17.9. The fraction of sp³-hybridized carbons (Fsp3) is 0.609. The second-order valence-electron chi connectivity index (χ2n) is 8.64. The van der Waals surface area contributed by atoms with Crippen LogP contribution in [0.25, 0.3) is 10.9 Å². The van der Waals surface area contributed by atoms with Crippen LogP contribution in [0.2, 0.25) is 0 Å². The molecular formula is C23H29FN4O2. The lowest BCUT2D eigenvalue weighted by molar-refractivity contribution is 0.460. The SMILES string of the molecule is N#CCCCn1c(=O)c2cc(F)c(NC3CCCCC3)cc2n(C2CCCC2)c1=O. The van der Waals surface area contributed by atoms with Gasteiger partial charge in [0.2, 0.25) is 0 Å². The zero-order valence-corrected chi connectivity index (χ0v) is 17.3. The van der Waals surface area contributed by atoms with E-state index in [4.69, 9.17) is 5.26 Å². The molecule has 30 heavy (non-hydrogen) atoms. The van der Waals surface area contributed by atoms with Crippen molar-refractivity contribution in [2.75, 3.05) is 5.32 Å². The number of aromatic nitrogens is 2. The van der Waals surface area contributed by atoms with E-state index in [-0.39, 0.29) is 36.1 Å². The van der Waals surface area contributed by atoms with Gasteiger partial charge in [0.05, 0.1) is 22.7 Å². The maximum atomic E-state index is 15.0. The number of hydrogen-bond acceptors (Lipinski definition) is 4. The van der Waals surface area contributed by atoms with E-state index in [0.29, 0.717) is 17.6 Å². The van der Waals surface area contributed by atoms with E-state index in [1.165, 1.54) is 17.1 Å². The summed E-state index contributed by atoms with van der Waals surface area (Å²) in [5, 5.41) is 12.4. The highest BCUT2D eigenvalue weighted by Gasteiger charge is 2.24. The van der Waals surface area contributed by atoms with E-state index < -0.39 is 11.4 Å². The van der Waals surface area contributed by atoms with Crippen molar-refractivity contribution in [1.82, 2.24) is 9.13 Å². The Morgan fingerprint density at radius 2 is 1.77 bits per heavy atom. The van der Waals surface area contributed by atoms with Crippen molar-refractivity contribution in [3.05, 3.63) is 38.8 Å². The van der Waals surface area contributed by atoms with Crippen LogP contribution in [0.5, 0.6) is 0 Å². The van der Waals surface area contributed by atoms with Crippen LogP contribution in [0.3, 0.4) is 0 Å². The molecule has 2 aliphatic carbocycles. The molecule has 0 unspecified atom stereocenters. The normalized spacial score (nSPS) is 18.0. The highest BCUT2D eigenvalue weighted by Crippen LogP contribution is 2.32. The van der Waals surface area contributed by atoms with E-state index in [0.717, 1.165) is 51.4 Å². The summed E-state index contributed by atoms with van der Waals surface area (Å²) in [7, 11) is 0. The van der Waals surface area contributed by atoms with Gasteiger partial charge in [0.15, 0.2) is 0 Å². The summed E-state index contributed by atoms with van der Waals surface area (Å²) in [6.07, 6.45) is 10.0. The second-order valence-corrected chi connectivity index (χ2v) is 8.64. The van der Waals surface area contributed by atoms with E-state index in [2.05, 4.69) is 5.32 Å². The van der Waals surface area contributed by atoms with E-state index in [9.17, 15) is 14.0 Å². The molecule has 6 nitrogen and oxygen atoms in total. The molecule has 7 heteroatoms. The van der Waals surface area contributed by atoms with Gasteiger partial charge in [-0.3, -0.25) is 13.9 Å². The van der Waals surface area contributed by atoms with Gasteiger partial charge < -0.3 is 5.32 Å². The number of anilines is 1. The zero-order valence-electron chi connectivity index (χ0n) is 17.3. The topological polar surface area (TPSA) is 79.8 Å². The largest absolute Gasteiger partial charge is 0.380 e. The van der Waals surface area contributed by atoms with Gasteiger partial charge >= 0.3 is 5.69 Å². The predicted molar refractivity (Wildman–Crippen MR) is 115 cm³/mol. The Bertz CT molecular complexity index is 1070. The summed E-state index contributed by atoms with van der Waals surface area (Å²) in [5.74, 6) is -0.453. The molecule has 2 aromatic rings. The Hall–Kier alpha value is -2.62. The first-order valence-electron chi connectivity index (χ1n) is 11.2. The first-order valence-corrected chi connectivity index (χ1v) is 11.2. The second kappa shape index (κ2) is 9.03. The van der Waals surface area contributed by atoms with Crippen molar-refractivity contribution >= 4 is 16.6 Å². The Morgan fingerprint density at radius 3 is 2.47 bits per heavy atom. The minimum atomic E-state index is -0.467. The molecule has 0 atom stereocenters. The van der Waals surface area contributed by atoms with Crippen molar-refractivity contribution in [2.24, 2.45) is 0 Å². The van der Waals surface area contributed by atoms with E-state index in [1.807, 2.05) is 6.07 Å². The first kappa shape index (κ1) is 20.6. The van der Waals surface area contributed by atoms with Crippen LogP contribution in [-0.2, 0) is 6.54 Å². The highest BCUT2D eigenvalue weighted by atomic mass is 19.1. The lowest BCUT2D eigenvalue weighted by Gasteiger charge is -2.25. The van der Waals surface area contributed by atoms with Crippen LogP contribution in [-0.4, -0.2) is 15.2 Å². The molecule has 1 aromatic carbocycles. The maximum Gasteiger partial charge on any atom is 0.331 e. The smallest absolute Gasteiger partial charge is 0.331 e. The Morgan fingerprint density at radius 1 is 1.07 bits per heavy atom. The number of benzene rings is 1. The van der Waals surface area contributed by atoms with Crippen LogP contribution < -0.4 is 16.6 Å². The molecule has 2 fully saturated rings. The van der Waals surface area contributed by atoms with Crippen LogP contribution in [0, 0.1) is 17.1 Å². The van der Waals surface area contributed by atoms with Crippen molar-refractivity contribution in [2.45, 2.75) is 89.3 Å². The highest BCUT2D eigenvalue weighted by molar-refractivity contribution is 5.82. The Kier molecular flexibility index (Phi) is 6.21. The van der Waals surface area contributed by atoms with Crippen molar-refractivity contribution in [3.8, 4) is 6.07 Å². The fourth-order valence-electron chi connectivity index (χ4n) is 5.00. The minimum Gasteiger partial charge on any atom is -0.380 e. The van der Waals surface area contributed by atoms with Crippen molar-refractivity contribution in [1.29, 1.82) is 5.26 Å². The maximum absolute atomic E-state index is 15.0. The van der Waals surface area contributed by atoms with E-state index >= 15 is 0 Å². The molecule has 0 saturated heterocycles. The first-order chi connectivity index (χ1) is 14.6. The number of rotatable bonds is 6. The summed E-state index contributed by atoms with van der Waals surface area (Å²) >= 11 is 0. The molecule has 1 heterocycles. The molecule has 2 aliphatic rings. The van der Waals surface area contributed by atoms with Gasteiger partial charge in [-0.25, -0.2) is 9.18 Å². The number of fused-ring (bicyclic) bond motifs is 1. The molecule has 1 N–H and O–H groups in total. The van der Waals surface area contributed by atoms with Crippen LogP contribution in [0.4, 0.5) is 10.1 Å². The summed E-state index contributed by atoms with van der Waals surface area (Å²) in [6, 6.07) is 5.25. The number of nitriles is 1. The molecule has 160 valence electrons. The third-order valence-corrected chi connectivity index (χ3v) is 6.58. The minimum absolute atomic E-state index is 0.0239. The number of halogens is 1. The van der Waals surface area contributed by atoms with Crippen LogP contribution in [0.1, 0.15) is 76.7 Å². The molecule has 0 bridgehead atoms. The average Bonchev–Trinajstić information content (AvgIpc) is 3.27. The van der Waals surface area contributed by atoms with Gasteiger partial charge in [0, 0.05) is 25.0 Å². The summed E-state index contributed by atoms with van der Waals surface area (Å²) in [6.45, 7) is 0.178. The zero-order chi connectivity index (χ0) is 21.1. The Balaban J connectivity index is 1.83. The molecule has 0 spiro atoms. The molecule has 4 rings (SSSR count). The number of unbranched alkanes of at least 4 members (excludes halogenated alkanes) is 1. The van der Waals surface area contributed by atoms with Gasteiger partial charge in [-0.15, -0.1) is 0 Å². The van der Waals surface area contributed by atoms with Crippen LogP contribution in [0.15, 0.2) is 21.7 Å².